The Balaban J connectivity index is 2.23. The normalized spacial score (nSPS) is 10.2. The van der Waals surface area contributed by atoms with E-state index in [1.54, 1.807) is 29.2 Å². The molecule has 1 rings (SSSR count). The van der Waals surface area contributed by atoms with Crippen LogP contribution in [0.25, 0.3) is 0 Å². The lowest BCUT2D eigenvalue weighted by Crippen LogP contribution is -1.96. The van der Waals surface area contributed by atoms with Gasteiger partial charge in [0.25, 0.3) is 0 Å². The number of aromatic nitrogens is 2. The Bertz CT molecular complexity index is 291. The zero-order valence-corrected chi connectivity index (χ0v) is 10.4. The Morgan fingerprint density at radius 2 is 2.47 bits per heavy atom. The standard InChI is InChI=1S/C9H15N3OS2/c1-3-5-10-8-11-12-9(15-8)14-7-6-13-4-2/h3H,1,4-7H2,2H3,(H,10,11). The molecule has 0 radical (unpaired) electrons. The third kappa shape index (κ3) is 5.15. The zero-order chi connectivity index (χ0) is 10.9. The van der Waals surface area contributed by atoms with Gasteiger partial charge in [-0.25, -0.2) is 0 Å². The molecule has 15 heavy (non-hydrogen) atoms. The van der Waals surface area contributed by atoms with E-state index >= 15 is 0 Å². The molecule has 1 aromatic rings. The average molecular weight is 245 g/mol. The Morgan fingerprint density at radius 3 is 3.20 bits per heavy atom. The van der Waals surface area contributed by atoms with Crippen LogP contribution in [-0.4, -0.2) is 35.7 Å². The molecule has 0 aliphatic heterocycles. The number of thioether (sulfide) groups is 1. The molecule has 0 atom stereocenters. The Morgan fingerprint density at radius 1 is 1.60 bits per heavy atom. The number of nitrogens with zero attached hydrogens (tertiary/aromatic N) is 2. The largest absolute Gasteiger partial charge is 0.381 e. The summed E-state index contributed by atoms with van der Waals surface area (Å²) in [6.45, 7) is 7.87. The summed E-state index contributed by atoms with van der Waals surface area (Å²) >= 11 is 3.23. The maximum Gasteiger partial charge on any atom is 0.206 e. The molecular formula is C9H15N3OS2. The van der Waals surface area contributed by atoms with E-state index in [1.807, 2.05) is 6.92 Å². The van der Waals surface area contributed by atoms with E-state index in [0.717, 1.165) is 35.0 Å². The summed E-state index contributed by atoms with van der Waals surface area (Å²) in [7, 11) is 0. The van der Waals surface area contributed by atoms with E-state index in [1.165, 1.54) is 0 Å². The third-order valence-electron chi connectivity index (χ3n) is 1.46. The van der Waals surface area contributed by atoms with Gasteiger partial charge in [-0.15, -0.1) is 16.8 Å². The maximum atomic E-state index is 5.23. The van der Waals surface area contributed by atoms with Crippen LogP contribution in [0.5, 0.6) is 0 Å². The molecule has 4 nitrogen and oxygen atoms in total. The van der Waals surface area contributed by atoms with Crippen molar-refractivity contribution in [3.63, 3.8) is 0 Å². The van der Waals surface area contributed by atoms with Gasteiger partial charge in [-0.1, -0.05) is 29.2 Å². The second kappa shape index (κ2) is 7.67. The number of ether oxygens (including phenoxy) is 1. The predicted octanol–water partition coefficient (Wildman–Crippen LogP) is 2.26. The number of anilines is 1. The maximum absolute atomic E-state index is 5.23. The van der Waals surface area contributed by atoms with Crippen molar-refractivity contribution < 1.29 is 4.74 Å². The van der Waals surface area contributed by atoms with Crippen molar-refractivity contribution >= 4 is 28.2 Å². The first-order valence-corrected chi connectivity index (χ1v) is 6.55. The molecule has 84 valence electrons. The first kappa shape index (κ1) is 12.5. The van der Waals surface area contributed by atoms with Crippen LogP contribution in [0.3, 0.4) is 0 Å². The number of nitrogens with one attached hydrogen (secondary N) is 1. The van der Waals surface area contributed by atoms with Gasteiger partial charge in [-0.2, -0.15) is 0 Å². The van der Waals surface area contributed by atoms with Gasteiger partial charge >= 0.3 is 0 Å². The molecule has 1 heterocycles. The van der Waals surface area contributed by atoms with Gasteiger partial charge in [0.05, 0.1) is 6.61 Å². The van der Waals surface area contributed by atoms with Gasteiger partial charge in [0.2, 0.25) is 5.13 Å². The first-order chi connectivity index (χ1) is 7.36. The van der Waals surface area contributed by atoms with Crippen LogP contribution in [0, 0.1) is 0 Å². The van der Waals surface area contributed by atoms with Gasteiger partial charge in [-0.3, -0.25) is 0 Å². The molecule has 0 aliphatic carbocycles. The number of hydrogen-bond acceptors (Lipinski definition) is 6. The molecule has 0 aromatic carbocycles. The minimum absolute atomic E-state index is 0.720. The number of rotatable bonds is 8. The Kier molecular flexibility index (Phi) is 6.38. The summed E-state index contributed by atoms with van der Waals surface area (Å²) < 4.78 is 6.21. The topological polar surface area (TPSA) is 47.0 Å². The molecule has 1 N–H and O–H groups in total. The molecule has 0 fully saturated rings. The molecule has 1 aromatic heterocycles. The van der Waals surface area contributed by atoms with Gasteiger partial charge in [-0.05, 0) is 6.92 Å². The van der Waals surface area contributed by atoms with E-state index in [9.17, 15) is 0 Å². The molecular weight excluding hydrogens is 230 g/mol. The lowest BCUT2D eigenvalue weighted by atomic mass is 10.6. The fourth-order valence-electron chi connectivity index (χ4n) is 0.831. The fraction of sp³-hybridized carbons (Fsp3) is 0.556. The second-order valence-electron chi connectivity index (χ2n) is 2.59. The van der Waals surface area contributed by atoms with Crippen LogP contribution in [0.15, 0.2) is 17.0 Å². The van der Waals surface area contributed by atoms with Crippen LogP contribution < -0.4 is 5.32 Å². The summed E-state index contributed by atoms with van der Waals surface area (Å²) in [6.07, 6.45) is 1.79. The predicted molar refractivity (Wildman–Crippen MR) is 65.8 cm³/mol. The van der Waals surface area contributed by atoms with E-state index in [2.05, 4.69) is 22.1 Å². The average Bonchev–Trinajstić information content (AvgIpc) is 2.69. The quantitative estimate of drug-likeness (QED) is 0.432. The van der Waals surface area contributed by atoms with Crippen molar-refractivity contribution in [1.29, 1.82) is 0 Å². The second-order valence-corrected chi connectivity index (χ2v) is 4.91. The van der Waals surface area contributed by atoms with E-state index in [4.69, 9.17) is 4.74 Å². The van der Waals surface area contributed by atoms with Gasteiger partial charge < -0.3 is 10.1 Å². The van der Waals surface area contributed by atoms with Gasteiger partial charge in [0.1, 0.15) is 0 Å². The van der Waals surface area contributed by atoms with Crippen LogP contribution in [0.1, 0.15) is 6.92 Å². The lowest BCUT2D eigenvalue weighted by molar-refractivity contribution is 0.164. The highest BCUT2D eigenvalue weighted by molar-refractivity contribution is 8.01. The molecule has 0 aliphatic rings. The van der Waals surface area contributed by atoms with E-state index in [0.29, 0.717) is 0 Å². The summed E-state index contributed by atoms with van der Waals surface area (Å²) in [5.74, 6) is 0.921. The van der Waals surface area contributed by atoms with Crippen LogP contribution >= 0.6 is 23.1 Å². The van der Waals surface area contributed by atoms with Crippen molar-refractivity contribution in [3.05, 3.63) is 12.7 Å². The summed E-state index contributed by atoms with van der Waals surface area (Å²) in [6, 6.07) is 0. The monoisotopic (exact) mass is 245 g/mol. The highest BCUT2D eigenvalue weighted by atomic mass is 32.2. The van der Waals surface area contributed by atoms with Crippen molar-refractivity contribution in [3.8, 4) is 0 Å². The highest BCUT2D eigenvalue weighted by Gasteiger charge is 2.02. The third-order valence-corrected chi connectivity index (χ3v) is 3.44. The van der Waals surface area contributed by atoms with Crippen molar-refractivity contribution in [2.75, 3.05) is 30.8 Å². The van der Waals surface area contributed by atoms with Crippen LogP contribution in [-0.2, 0) is 4.74 Å². The smallest absolute Gasteiger partial charge is 0.206 e. The van der Waals surface area contributed by atoms with Crippen LogP contribution in [0.4, 0.5) is 5.13 Å². The summed E-state index contributed by atoms with van der Waals surface area (Å²) in [5, 5.41) is 12.0. The minimum Gasteiger partial charge on any atom is -0.381 e. The van der Waals surface area contributed by atoms with Gasteiger partial charge in [0.15, 0.2) is 4.34 Å². The summed E-state index contributed by atoms with van der Waals surface area (Å²) in [4.78, 5) is 0. The molecule has 6 heteroatoms. The molecule has 0 amide bonds. The molecule has 0 spiro atoms. The van der Waals surface area contributed by atoms with Gasteiger partial charge in [0, 0.05) is 18.9 Å². The molecule has 0 bridgehead atoms. The molecule has 0 saturated heterocycles. The van der Waals surface area contributed by atoms with Crippen molar-refractivity contribution in [2.45, 2.75) is 11.3 Å². The van der Waals surface area contributed by atoms with E-state index in [-0.39, 0.29) is 0 Å². The number of hydrogen-bond donors (Lipinski definition) is 1. The fourth-order valence-corrected chi connectivity index (χ4v) is 2.51. The Hall–Kier alpha value is -0.590. The van der Waals surface area contributed by atoms with Crippen molar-refractivity contribution in [2.24, 2.45) is 0 Å². The minimum atomic E-state index is 0.720. The van der Waals surface area contributed by atoms with Crippen LogP contribution in [0.2, 0.25) is 0 Å². The SMILES string of the molecule is C=CCNc1nnc(SCCOCC)s1. The van der Waals surface area contributed by atoms with Crippen molar-refractivity contribution in [1.82, 2.24) is 10.2 Å². The van der Waals surface area contributed by atoms with E-state index < -0.39 is 0 Å². The lowest BCUT2D eigenvalue weighted by Gasteiger charge is -1.97. The molecule has 0 saturated carbocycles. The zero-order valence-electron chi connectivity index (χ0n) is 8.73. The first-order valence-electron chi connectivity index (χ1n) is 4.75. The Labute approximate surface area is 98.1 Å². The molecule has 0 unspecified atom stereocenters. The summed E-state index contributed by atoms with van der Waals surface area (Å²) in [5.41, 5.74) is 0. The highest BCUT2D eigenvalue weighted by Crippen LogP contribution is 2.24.